The molecule has 0 bridgehead atoms. The molecule has 1 aliphatic heterocycles. The molecule has 0 spiro atoms. The molecule has 1 atom stereocenters. The van der Waals surface area contributed by atoms with E-state index in [2.05, 4.69) is 34.3 Å². The van der Waals surface area contributed by atoms with Gasteiger partial charge in [-0.3, -0.25) is 4.90 Å². The SMILES string of the molecule is CCN1CCC[C@@H]1c1ccc(Nc2ccccc2)nc1. The quantitative estimate of drug-likeness (QED) is 0.908. The Labute approximate surface area is 120 Å². The molecule has 1 aliphatic rings. The molecule has 104 valence electrons. The van der Waals surface area contributed by atoms with Gasteiger partial charge in [-0.15, -0.1) is 0 Å². The molecule has 0 radical (unpaired) electrons. The van der Waals surface area contributed by atoms with Crippen molar-refractivity contribution in [2.75, 3.05) is 18.4 Å². The number of likely N-dealkylation sites (tertiary alicyclic amines) is 1. The van der Waals surface area contributed by atoms with E-state index in [0.29, 0.717) is 6.04 Å². The van der Waals surface area contributed by atoms with Gasteiger partial charge in [-0.2, -0.15) is 0 Å². The Hall–Kier alpha value is -1.87. The van der Waals surface area contributed by atoms with Gasteiger partial charge in [0.05, 0.1) is 0 Å². The number of hydrogen-bond acceptors (Lipinski definition) is 3. The zero-order valence-electron chi connectivity index (χ0n) is 11.9. The van der Waals surface area contributed by atoms with E-state index in [9.17, 15) is 0 Å². The summed E-state index contributed by atoms with van der Waals surface area (Å²) in [4.78, 5) is 7.08. The first-order valence-corrected chi connectivity index (χ1v) is 7.39. The Kier molecular flexibility index (Phi) is 3.97. The largest absolute Gasteiger partial charge is 0.340 e. The van der Waals surface area contributed by atoms with E-state index in [1.54, 1.807) is 0 Å². The number of aromatic nitrogens is 1. The normalized spacial score (nSPS) is 19.1. The van der Waals surface area contributed by atoms with Gasteiger partial charge >= 0.3 is 0 Å². The first-order valence-electron chi connectivity index (χ1n) is 7.39. The molecule has 2 aromatic rings. The molecule has 2 heterocycles. The summed E-state index contributed by atoms with van der Waals surface area (Å²) in [7, 11) is 0. The molecule has 3 rings (SSSR count). The molecule has 1 saturated heterocycles. The van der Waals surface area contributed by atoms with E-state index in [-0.39, 0.29) is 0 Å². The Morgan fingerprint density at radius 1 is 1.20 bits per heavy atom. The number of pyridine rings is 1. The predicted octanol–water partition coefficient (Wildman–Crippen LogP) is 3.98. The molecule has 0 amide bonds. The molecule has 1 aromatic carbocycles. The van der Waals surface area contributed by atoms with Crippen LogP contribution in [0.25, 0.3) is 0 Å². The smallest absolute Gasteiger partial charge is 0.130 e. The molecule has 1 N–H and O–H groups in total. The van der Waals surface area contributed by atoms with Crippen molar-refractivity contribution in [3.63, 3.8) is 0 Å². The van der Waals surface area contributed by atoms with Crippen LogP contribution in [0.4, 0.5) is 11.5 Å². The van der Waals surface area contributed by atoms with Gasteiger partial charge in [0, 0.05) is 17.9 Å². The van der Waals surface area contributed by atoms with Crippen molar-refractivity contribution in [3.05, 3.63) is 54.2 Å². The molecule has 0 saturated carbocycles. The second-order valence-electron chi connectivity index (χ2n) is 5.25. The van der Waals surface area contributed by atoms with E-state index in [0.717, 1.165) is 18.1 Å². The van der Waals surface area contributed by atoms with Crippen molar-refractivity contribution < 1.29 is 0 Å². The van der Waals surface area contributed by atoms with Crippen LogP contribution < -0.4 is 5.32 Å². The van der Waals surface area contributed by atoms with Crippen molar-refractivity contribution >= 4 is 11.5 Å². The number of anilines is 2. The van der Waals surface area contributed by atoms with Crippen LogP contribution in [-0.2, 0) is 0 Å². The van der Waals surface area contributed by atoms with Gasteiger partial charge in [0.15, 0.2) is 0 Å². The number of benzene rings is 1. The zero-order valence-corrected chi connectivity index (χ0v) is 11.9. The Bertz CT molecular complexity index is 536. The van der Waals surface area contributed by atoms with Crippen molar-refractivity contribution in [3.8, 4) is 0 Å². The monoisotopic (exact) mass is 267 g/mol. The van der Waals surface area contributed by atoms with Crippen molar-refractivity contribution in [2.45, 2.75) is 25.8 Å². The van der Waals surface area contributed by atoms with Gasteiger partial charge in [0.2, 0.25) is 0 Å². The van der Waals surface area contributed by atoms with E-state index in [4.69, 9.17) is 0 Å². The topological polar surface area (TPSA) is 28.2 Å². The highest BCUT2D eigenvalue weighted by molar-refractivity contribution is 5.55. The average molecular weight is 267 g/mol. The summed E-state index contributed by atoms with van der Waals surface area (Å²) in [6.45, 7) is 4.57. The lowest BCUT2D eigenvalue weighted by molar-refractivity contribution is 0.271. The fourth-order valence-electron chi connectivity index (χ4n) is 2.93. The van der Waals surface area contributed by atoms with Crippen LogP contribution in [-0.4, -0.2) is 23.0 Å². The summed E-state index contributed by atoms with van der Waals surface area (Å²) in [5.41, 5.74) is 2.41. The fourth-order valence-corrected chi connectivity index (χ4v) is 2.93. The highest BCUT2D eigenvalue weighted by Gasteiger charge is 2.24. The molecule has 3 heteroatoms. The summed E-state index contributed by atoms with van der Waals surface area (Å²) < 4.78 is 0. The van der Waals surface area contributed by atoms with Crippen LogP contribution in [0.2, 0.25) is 0 Å². The number of hydrogen-bond donors (Lipinski definition) is 1. The molecule has 1 aromatic heterocycles. The summed E-state index contributed by atoms with van der Waals surface area (Å²) in [5.74, 6) is 0.904. The van der Waals surface area contributed by atoms with Gasteiger partial charge in [-0.25, -0.2) is 4.98 Å². The second-order valence-corrected chi connectivity index (χ2v) is 5.25. The summed E-state index contributed by atoms with van der Waals surface area (Å²) >= 11 is 0. The number of nitrogens with one attached hydrogen (secondary N) is 1. The molecule has 0 aliphatic carbocycles. The number of rotatable bonds is 4. The number of nitrogens with zero attached hydrogens (tertiary/aromatic N) is 2. The summed E-state index contributed by atoms with van der Waals surface area (Å²) in [6.07, 6.45) is 4.56. The maximum absolute atomic E-state index is 4.55. The lowest BCUT2D eigenvalue weighted by Gasteiger charge is -2.22. The molecular weight excluding hydrogens is 246 g/mol. The molecular formula is C17H21N3. The minimum atomic E-state index is 0.554. The molecule has 3 nitrogen and oxygen atoms in total. The van der Waals surface area contributed by atoms with Crippen LogP contribution in [0.5, 0.6) is 0 Å². The first-order chi connectivity index (χ1) is 9.86. The first kappa shape index (κ1) is 13.1. The average Bonchev–Trinajstić information content (AvgIpc) is 2.98. The van der Waals surface area contributed by atoms with Gasteiger partial charge in [-0.1, -0.05) is 31.2 Å². The van der Waals surface area contributed by atoms with E-state index >= 15 is 0 Å². The third-order valence-corrected chi connectivity index (χ3v) is 3.99. The molecule has 1 fully saturated rings. The minimum Gasteiger partial charge on any atom is -0.340 e. The van der Waals surface area contributed by atoms with Crippen molar-refractivity contribution in [2.24, 2.45) is 0 Å². The maximum Gasteiger partial charge on any atom is 0.130 e. The van der Waals surface area contributed by atoms with Crippen LogP contribution in [0.3, 0.4) is 0 Å². The van der Waals surface area contributed by atoms with Gasteiger partial charge in [0.1, 0.15) is 5.82 Å². The van der Waals surface area contributed by atoms with Crippen LogP contribution in [0.1, 0.15) is 31.4 Å². The van der Waals surface area contributed by atoms with Gasteiger partial charge in [0.25, 0.3) is 0 Å². The molecule has 20 heavy (non-hydrogen) atoms. The van der Waals surface area contributed by atoms with Crippen LogP contribution in [0.15, 0.2) is 48.7 Å². The van der Waals surface area contributed by atoms with Gasteiger partial charge < -0.3 is 5.32 Å². The Morgan fingerprint density at radius 2 is 2.05 bits per heavy atom. The van der Waals surface area contributed by atoms with E-state index < -0.39 is 0 Å². The number of para-hydroxylation sites is 1. The third-order valence-electron chi connectivity index (χ3n) is 3.99. The lowest BCUT2D eigenvalue weighted by Crippen LogP contribution is -2.22. The van der Waals surface area contributed by atoms with E-state index in [1.807, 2.05) is 36.5 Å². The highest BCUT2D eigenvalue weighted by atomic mass is 15.2. The standard InChI is InChI=1S/C17H21N3/c1-2-20-12-6-9-16(20)14-10-11-17(18-13-14)19-15-7-4-3-5-8-15/h3-5,7-8,10-11,13,16H,2,6,9,12H2,1H3,(H,18,19)/t16-/m1/s1. The molecule has 0 unspecified atom stereocenters. The lowest BCUT2D eigenvalue weighted by atomic mass is 10.1. The van der Waals surface area contributed by atoms with Crippen molar-refractivity contribution in [1.29, 1.82) is 0 Å². The Balaban J connectivity index is 1.71. The second kappa shape index (κ2) is 6.06. The van der Waals surface area contributed by atoms with Crippen LogP contribution >= 0.6 is 0 Å². The fraction of sp³-hybridized carbons (Fsp3) is 0.353. The van der Waals surface area contributed by atoms with Crippen LogP contribution in [0, 0.1) is 0 Å². The predicted molar refractivity (Wildman–Crippen MR) is 83.2 cm³/mol. The van der Waals surface area contributed by atoms with Gasteiger partial charge in [-0.05, 0) is 49.7 Å². The van der Waals surface area contributed by atoms with Crippen molar-refractivity contribution in [1.82, 2.24) is 9.88 Å². The Morgan fingerprint density at radius 3 is 2.75 bits per heavy atom. The minimum absolute atomic E-state index is 0.554. The third kappa shape index (κ3) is 2.83. The maximum atomic E-state index is 4.55. The summed E-state index contributed by atoms with van der Waals surface area (Å²) in [5, 5.41) is 3.32. The summed E-state index contributed by atoms with van der Waals surface area (Å²) in [6, 6.07) is 15.0. The van der Waals surface area contributed by atoms with E-state index in [1.165, 1.54) is 24.9 Å². The highest BCUT2D eigenvalue weighted by Crippen LogP contribution is 2.31. The zero-order chi connectivity index (χ0) is 13.8.